The molecule has 0 aliphatic heterocycles. The molecule has 0 spiro atoms. The summed E-state index contributed by atoms with van der Waals surface area (Å²) in [6, 6.07) is 5.20. The standard InChI is InChI=1S/C15H20O4/c1-17-12-4-3-5-13(9-12)19-15-8-11(10-16)6-7-14(15)18-2/h6-8,10,12-13H,3-5,9H2,1-2H3. The average Bonchev–Trinajstić information content (AvgIpc) is 2.47. The van der Waals surface area contributed by atoms with E-state index in [-0.39, 0.29) is 12.2 Å². The van der Waals surface area contributed by atoms with Gasteiger partial charge in [-0.15, -0.1) is 0 Å². The van der Waals surface area contributed by atoms with Crippen LogP contribution in [0.4, 0.5) is 0 Å². The van der Waals surface area contributed by atoms with E-state index in [4.69, 9.17) is 14.2 Å². The number of methoxy groups -OCH3 is 2. The molecule has 2 rings (SSSR count). The lowest BCUT2D eigenvalue weighted by Crippen LogP contribution is -2.29. The molecule has 0 amide bonds. The van der Waals surface area contributed by atoms with E-state index in [9.17, 15) is 4.79 Å². The summed E-state index contributed by atoms with van der Waals surface area (Å²) in [6.07, 6.45) is 5.26. The van der Waals surface area contributed by atoms with Crippen LogP contribution >= 0.6 is 0 Å². The molecule has 1 aromatic carbocycles. The Morgan fingerprint density at radius 2 is 1.95 bits per heavy atom. The van der Waals surface area contributed by atoms with Gasteiger partial charge in [-0.2, -0.15) is 0 Å². The number of benzene rings is 1. The summed E-state index contributed by atoms with van der Waals surface area (Å²) >= 11 is 0. The lowest BCUT2D eigenvalue weighted by Gasteiger charge is -2.29. The van der Waals surface area contributed by atoms with E-state index in [1.807, 2.05) is 0 Å². The molecule has 1 aromatic rings. The van der Waals surface area contributed by atoms with Crippen molar-refractivity contribution in [2.45, 2.75) is 37.9 Å². The van der Waals surface area contributed by atoms with Crippen LogP contribution < -0.4 is 9.47 Å². The van der Waals surface area contributed by atoms with Crippen LogP contribution in [0, 0.1) is 0 Å². The molecule has 0 aromatic heterocycles. The normalized spacial score (nSPS) is 22.8. The van der Waals surface area contributed by atoms with Crippen molar-refractivity contribution in [2.75, 3.05) is 14.2 Å². The largest absolute Gasteiger partial charge is 0.493 e. The van der Waals surface area contributed by atoms with Crippen molar-refractivity contribution in [3.63, 3.8) is 0 Å². The van der Waals surface area contributed by atoms with E-state index in [0.717, 1.165) is 32.0 Å². The fourth-order valence-electron chi connectivity index (χ4n) is 2.46. The molecule has 104 valence electrons. The van der Waals surface area contributed by atoms with Crippen molar-refractivity contribution in [1.82, 2.24) is 0 Å². The fourth-order valence-corrected chi connectivity index (χ4v) is 2.46. The average molecular weight is 264 g/mol. The lowest BCUT2D eigenvalue weighted by molar-refractivity contribution is 0.0201. The van der Waals surface area contributed by atoms with Gasteiger partial charge in [0.05, 0.1) is 13.2 Å². The molecule has 2 unspecified atom stereocenters. The summed E-state index contributed by atoms with van der Waals surface area (Å²) in [4.78, 5) is 10.8. The van der Waals surface area contributed by atoms with E-state index in [1.165, 1.54) is 0 Å². The third-order valence-corrected chi connectivity index (χ3v) is 3.53. The van der Waals surface area contributed by atoms with Gasteiger partial charge in [-0.05, 0) is 37.5 Å². The second kappa shape index (κ2) is 6.57. The van der Waals surface area contributed by atoms with E-state index < -0.39 is 0 Å². The number of carbonyl (C=O) groups is 1. The number of ether oxygens (including phenoxy) is 3. The number of rotatable bonds is 5. The van der Waals surface area contributed by atoms with Gasteiger partial charge in [0, 0.05) is 19.1 Å². The summed E-state index contributed by atoms with van der Waals surface area (Å²) < 4.78 is 16.6. The molecule has 19 heavy (non-hydrogen) atoms. The molecule has 1 aliphatic rings. The van der Waals surface area contributed by atoms with Gasteiger partial charge in [-0.3, -0.25) is 4.79 Å². The third-order valence-electron chi connectivity index (χ3n) is 3.53. The van der Waals surface area contributed by atoms with Gasteiger partial charge in [0.2, 0.25) is 0 Å². The molecular formula is C15H20O4. The Bertz CT molecular complexity index is 430. The van der Waals surface area contributed by atoms with Crippen LogP contribution in [0.25, 0.3) is 0 Å². The van der Waals surface area contributed by atoms with Crippen LogP contribution in [0.5, 0.6) is 11.5 Å². The first-order valence-corrected chi connectivity index (χ1v) is 6.59. The topological polar surface area (TPSA) is 44.8 Å². The van der Waals surface area contributed by atoms with Crippen molar-refractivity contribution in [3.8, 4) is 11.5 Å². The van der Waals surface area contributed by atoms with Crippen LogP contribution in [0.3, 0.4) is 0 Å². The van der Waals surface area contributed by atoms with Gasteiger partial charge in [0.15, 0.2) is 11.5 Å². The summed E-state index contributed by atoms with van der Waals surface area (Å²) in [7, 11) is 3.34. The minimum Gasteiger partial charge on any atom is -0.493 e. The predicted molar refractivity (Wildman–Crippen MR) is 72.1 cm³/mol. The molecular weight excluding hydrogens is 244 g/mol. The van der Waals surface area contributed by atoms with Gasteiger partial charge in [0.25, 0.3) is 0 Å². The number of hydrogen-bond donors (Lipinski definition) is 0. The molecule has 4 heteroatoms. The molecule has 2 atom stereocenters. The smallest absolute Gasteiger partial charge is 0.162 e. The molecule has 0 radical (unpaired) electrons. The number of hydrogen-bond acceptors (Lipinski definition) is 4. The second-order valence-electron chi connectivity index (χ2n) is 4.79. The Hall–Kier alpha value is -1.55. The van der Waals surface area contributed by atoms with Crippen molar-refractivity contribution in [2.24, 2.45) is 0 Å². The zero-order valence-electron chi connectivity index (χ0n) is 11.4. The second-order valence-corrected chi connectivity index (χ2v) is 4.79. The van der Waals surface area contributed by atoms with Crippen molar-refractivity contribution in [1.29, 1.82) is 0 Å². The first kappa shape index (κ1) is 13.9. The highest BCUT2D eigenvalue weighted by Crippen LogP contribution is 2.32. The van der Waals surface area contributed by atoms with Gasteiger partial charge in [-0.25, -0.2) is 0 Å². The fraction of sp³-hybridized carbons (Fsp3) is 0.533. The van der Waals surface area contributed by atoms with E-state index in [2.05, 4.69) is 0 Å². The third kappa shape index (κ3) is 3.47. The molecule has 1 saturated carbocycles. The van der Waals surface area contributed by atoms with Crippen molar-refractivity contribution in [3.05, 3.63) is 23.8 Å². The SMILES string of the molecule is COc1ccc(C=O)cc1OC1CCCC(OC)C1. The van der Waals surface area contributed by atoms with Crippen LogP contribution in [0.1, 0.15) is 36.0 Å². The van der Waals surface area contributed by atoms with Crippen LogP contribution in [0.2, 0.25) is 0 Å². The monoisotopic (exact) mass is 264 g/mol. The van der Waals surface area contributed by atoms with Gasteiger partial charge >= 0.3 is 0 Å². The maximum atomic E-state index is 10.8. The van der Waals surface area contributed by atoms with Gasteiger partial charge in [-0.1, -0.05) is 0 Å². The van der Waals surface area contributed by atoms with Gasteiger partial charge in [0.1, 0.15) is 12.4 Å². The summed E-state index contributed by atoms with van der Waals surface area (Å²) in [6.45, 7) is 0. The summed E-state index contributed by atoms with van der Waals surface area (Å²) in [5.74, 6) is 1.29. The number of aldehydes is 1. The highest BCUT2D eigenvalue weighted by Gasteiger charge is 2.24. The lowest BCUT2D eigenvalue weighted by atomic mass is 9.95. The molecule has 1 aliphatic carbocycles. The Morgan fingerprint density at radius 1 is 1.16 bits per heavy atom. The summed E-state index contributed by atoms with van der Waals surface area (Å²) in [5.41, 5.74) is 0.593. The number of carbonyl (C=O) groups excluding carboxylic acids is 1. The Kier molecular flexibility index (Phi) is 4.80. The van der Waals surface area contributed by atoms with Crippen LogP contribution in [-0.2, 0) is 4.74 Å². The molecule has 0 saturated heterocycles. The first-order valence-electron chi connectivity index (χ1n) is 6.59. The summed E-state index contributed by atoms with van der Waals surface area (Å²) in [5, 5.41) is 0. The Labute approximate surface area is 113 Å². The highest BCUT2D eigenvalue weighted by atomic mass is 16.5. The zero-order valence-corrected chi connectivity index (χ0v) is 11.4. The predicted octanol–water partition coefficient (Wildman–Crippen LogP) is 2.84. The molecule has 4 nitrogen and oxygen atoms in total. The maximum Gasteiger partial charge on any atom is 0.162 e. The van der Waals surface area contributed by atoms with Crippen molar-refractivity contribution >= 4 is 6.29 Å². The first-order chi connectivity index (χ1) is 9.26. The molecule has 0 bridgehead atoms. The van der Waals surface area contributed by atoms with E-state index in [0.29, 0.717) is 17.1 Å². The van der Waals surface area contributed by atoms with E-state index >= 15 is 0 Å². The van der Waals surface area contributed by atoms with Crippen LogP contribution in [0.15, 0.2) is 18.2 Å². The quantitative estimate of drug-likeness (QED) is 0.767. The molecule has 0 N–H and O–H groups in total. The van der Waals surface area contributed by atoms with Crippen molar-refractivity contribution < 1.29 is 19.0 Å². The van der Waals surface area contributed by atoms with Gasteiger partial charge < -0.3 is 14.2 Å². The maximum absolute atomic E-state index is 10.8. The van der Waals surface area contributed by atoms with Crippen LogP contribution in [-0.4, -0.2) is 32.7 Å². The zero-order chi connectivity index (χ0) is 13.7. The molecule has 0 heterocycles. The minimum atomic E-state index is 0.120. The van der Waals surface area contributed by atoms with E-state index in [1.54, 1.807) is 32.4 Å². The minimum absolute atomic E-state index is 0.120. The Morgan fingerprint density at radius 3 is 2.63 bits per heavy atom. The molecule has 1 fully saturated rings. The highest BCUT2D eigenvalue weighted by molar-refractivity contribution is 5.76. The Balaban J connectivity index is 2.10.